The molecule has 0 aliphatic carbocycles. The first-order valence-corrected chi connectivity index (χ1v) is 5.36. The quantitative estimate of drug-likeness (QED) is 0.740. The average molecular weight is 225 g/mol. The van der Waals surface area contributed by atoms with Crippen LogP contribution >= 0.6 is 0 Å². The number of nitrogens with two attached hydrogens (primary N) is 1. The third kappa shape index (κ3) is 2.82. The van der Waals surface area contributed by atoms with Gasteiger partial charge < -0.3 is 10.5 Å². The van der Waals surface area contributed by atoms with Gasteiger partial charge in [0.1, 0.15) is 0 Å². The van der Waals surface area contributed by atoms with E-state index in [4.69, 9.17) is 10.5 Å². The van der Waals surface area contributed by atoms with Gasteiger partial charge in [-0.3, -0.25) is 9.48 Å². The summed E-state index contributed by atoms with van der Waals surface area (Å²) in [5.74, 6) is -0.249. The van der Waals surface area contributed by atoms with Crippen molar-refractivity contribution in [3.63, 3.8) is 0 Å². The Morgan fingerprint density at radius 2 is 2.38 bits per heavy atom. The molecule has 0 saturated carbocycles. The summed E-state index contributed by atoms with van der Waals surface area (Å²) in [5.41, 5.74) is 5.99. The molecule has 0 amide bonds. The zero-order chi connectivity index (χ0) is 12.2. The van der Waals surface area contributed by atoms with E-state index in [1.165, 1.54) is 0 Å². The summed E-state index contributed by atoms with van der Waals surface area (Å²) in [6.07, 6.45) is 4.18. The first-order chi connectivity index (χ1) is 7.51. The van der Waals surface area contributed by atoms with Crippen molar-refractivity contribution in [3.05, 3.63) is 18.0 Å². The monoisotopic (exact) mass is 225 g/mol. The van der Waals surface area contributed by atoms with Gasteiger partial charge in [-0.15, -0.1) is 0 Å². The van der Waals surface area contributed by atoms with Crippen LogP contribution in [0.15, 0.2) is 12.4 Å². The molecule has 0 aliphatic heterocycles. The number of ether oxygens (including phenoxy) is 1. The lowest BCUT2D eigenvalue weighted by Gasteiger charge is -2.24. The Kier molecular flexibility index (Phi) is 4.06. The average Bonchev–Trinajstić information content (AvgIpc) is 2.64. The number of esters is 1. The SMILES string of the molecule is CCOC(=O)C(C)(CN)Cc1cnn(C)c1. The van der Waals surface area contributed by atoms with Gasteiger partial charge in [0.15, 0.2) is 0 Å². The molecule has 0 aliphatic rings. The molecule has 0 spiro atoms. The summed E-state index contributed by atoms with van der Waals surface area (Å²) in [7, 11) is 1.84. The van der Waals surface area contributed by atoms with Crippen molar-refractivity contribution in [1.29, 1.82) is 0 Å². The lowest BCUT2D eigenvalue weighted by molar-refractivity contribution is -0.153. The van der Waals surface area contributed by atoms with Crippen molar-refractivity contribution in [1.82, 2.24) is 9.78 Å². The molecule has 1 rings (SSSR count). The van der Waals surface area contributed by atoms with E-state index < -0.39 is 5.41 Å². The second kappa shape index (κ2) is 5.12. The summed E-state index contributed by atoms with van der Waals surface area (Å²) in [4.78, 5) is 11.8. The first-order valence-electron chi connectivity index (χ1n) is 5.36. The van der Waals surface area contributed by atoms with E-state index in [1.807, 2.05) is 20.2 Å². The fourth-order valence-corrected chi connectivity index (χ4v) is 1.55. The van der Waals surface area contributed by atoms with Crippen LogP contribution in [-0.2, 0) is 23.0 Å². The highest BCUT2D eigenvalue weighted by atomic mass is 16.5. The van der Waals surface area contributed by atoms with Gasteiger partial charge in [0, 0.05) is 19.8 Å². The predicted molar refractivity (Wildman–Crippen MR) is 60.7 cm³/mol. The third-order valence-electron chi connectivity index (χ3n) is 2.57. The van der Waals surface area contributed by atoms with E-state index in [-0.39, 0.29) is 12.5 Å². The molecule has 0 fully saturated rings. The van der Waals surface area contributed by atoms with E-state index in [9.17, 15) is 4.79 Å². The predicted octanol–water partition coefficient (Wildman–Crippen LogP) is 0.491. The number of nitrogens with zero attached hydrogens (tertiary/aromatic N) is 2. The number of rotatable bonds is 5. The van der Waals surface area contributed by atoms with Crippen molar-refractivity contribution >= 4 is 5.97 Å². The van der Waals surface area contributed by atoms with Gasteiger partial charge in [-0.2, -0.15) is 5.10 Å². The van der Waals surface area contributed by atoms with Gasteiger partial charge in [-0.25, -0.2) is 0 Å². The lowest BCUT2D eigenvalue weighted by Crippen LogP contribution is -2.39. The molecule has 1 heterocycles. The van der Waals surface area contributed by atoms with Gasteiger partial charge in [-0.05, 0) is 25.8 Å². The lowest BCUT2D eigenvalue weighted by atomic mass is 9.84. The third-order valence-corrected chi connectivity index (χ3v) is 2.57. The Labute approximate surface area is 95.6 Å². The van der Waals surface area contributed by atoms with Gasteiger partial charge in [0.05, 0.1) is 18.2 Å². The minimum absolute atomic E-state index is 0.249. The van der Waals surface area contributed by atoms with Crippen LogP contribution in [0.25, 0.3) is 0 Å². The number of carbonyl (C=O) groups excluding carboxylic acids is 1. The summed E-state index contributed by atoms with van der Waals surface area (Å²) in [6, 6.07) is 0. The Morgan fingerprint density at radius 3 is 2.81 bits per heavy atom. The molecule has 2 N–H and O–H groups in total. The highest BCUT2D eigenvalue weighted by Gasteiger charge is 2.33. The van der Waals surface area contributed by atoms with Crippen LogP contribution in [0.2, 0.25) is 0 Å². The number of carbonyl (C=O) groups is 1. The van der Waals surface area contributed by atoms with Crippen LogP contribution in [0, 0.1) is 5.41 Å². The standard InChI is InChI=1S/C11H19N3O2/c1-4-16-10(15)11(2,8-12)5-9-6-13-14(3)7-9/h6-7H,4-5,8,12H2,1-3H3. The van der Waals surface area contributed by atoms with Crippen LogP contribution in [0.4, 0.5) is 0 Å². The minimum Gasteiger partial charge on any atom is -0.466 e. The highest BCUT2D eigenvalue weighted by molar-refractivity contribution is 5.77. The summed E-state index contributed by atoms with van der Waals surface area (Å²) in [5, 5.41) is 4.06. The summed E-state index contributed by atoms with van der Waals surface area (Å²) in [6.45, 7) is 4.25. The number of hydrogen-bond donors (Lipinski definition) is 1. The molecule has 5 heteroatoms. The molecule has 0 aromatic carbocycles. The van der Waals surface area contributed by atoms with Crippen molar-refractivity contribution in [2.45, 2.75) is 20.3 Å². The van der Waals surface area contributed by atoms with Gasteiger partial charge in [0.2, 0.25) is 0 Å². The smallest absolute Gasteiger partial charge is 0.313 e. The summed E-state index contributed by atoms with van der Waals surface area (Å²) >= 11 is 0. The van der Waals surface area contributed by atoms with E-state index in [1.54, 1.807) is 17.8 Å². The van der Waals surface area contributed by atoms with Crippen LogP contribution in [0.5, 0.6) is 0 Å². The van der Waals surface area contributed by atoms with E-state index in [2.05, 4.69) is 5.10 Å². The number of aryl methyl sites for hydroxylation is 1. The fraction of sp³-hybridized carbons (Fsp3) is 0.636. The van der Waals surface area contributed by atoms with Crippen molar-refractivity contribution in [2.75, 3.05) is 13.2 Å². The van der Waals surface area contributed by atoms with E-state index >= 15 is 0 Å². The van der Waals surface area contributed by atoms with Crippen LogP contribution in [-0.4, -0.2) is 28.9 Å². The summed E-state index contributed by atoms with van der Waals surface area (Å²) < 4.78 is 6.74. The van der Waals surface area contributed by atoms with Crippen molar-refractivity contribution in [2.24, 2.45) is 18.2 Å². The molecular weight excluding hydrogens is 206 g/mol. The maximum absolute atomic E-state index is 11.8. The van der Waals surface area contributed by atoms with Crippen LogP contribution in [0.1, 0.15) is 19.4 Å². The molecule has 1 unspecified atom stereocenters. The molecular formula is C11H19N3O2. The van der Waals surface area contributed by atoms with Crippen molar-refractivity contribution < 1.29 is 9.53 Å². The highest BCUT2D eigenvalue weighted by Crippen LogP contribution is 2.22. The zero-order valence-electron chi connectivity index (χ0n) is 10.1. The minimum atomic E-state index is -0.668. The van der Waals surface area contributed by atoms with Crippen LogP contribution < -0.4 is 5.73 Å². The molecule has 0 bridgehead atoms. The second-order valence-electron chi connectivity index (χ2n) is 4.18. The number of hydrogen-bond acceptors (Lipinski definition) is 4. The van der Waals surface area contributed by atoms with Gasteiger partial charge in [-0.1, -0.05) is 0 Å². The molecule has 1 aromatic heterocycles. The first kappa shape index (κ1) is 12.7. The van der Waals surface area contributed by atoms with Gasteiger partial charge >= 0.3 is 5.97 Å². The molecule has 16 heavy (non-hydrogen) atoms. The second-order valence-corrected chi connectivity index (χ2v) is 4.18. The number of aromatic nitrogens is 2. The topological polar surface area (TPSA) is 70.1 Å². The Bertz CT molecular complexity index is 362. The molecule has 0 saturated heterocycles. The molecule has 0 radical (unpaired) electrons. The van der Waals surface area contributed by atoms with Gasteiger partial charge in [0.25, 0.3) is 0 Å². The Balaban J connectivity index is 2.77. The maximum Gasteiger partial charge on any atom is 0.313 e. The Hall–Kier alpha value is -1.36. The normalized spacial score (nSPS) is 14.5. The Morgan fingerprint density at radius 1 is 1.69 bits per heavy atom. The molecule has 1 atom stereocenters. The zero-order valence-corrected chi connectivity index (χ0v) is 10.1. The fourth-order valence-electron chi connectivity index (χ4n) is 1.55. The van der Waals surface area contributed by atoms with Crippen molar-refractivity contribution in [3.8, 4) is 0 Å². The molecule has 1 aromatic rings. The molecule has 5 nitrogen and oxygen atoms in total. The largest absolute Gasteiger partial charge is 0.466 e. The van der Waals surface area contributed by atoms with Crippen LogP contribution in [0.3, 0.4) is 0 Å². The van der Waals surface area contributed by atoms with E-state index in [0.717, 1.165) is 5.56 Å². The molecule has 90 valence electrons. The van der Waals surface area contributed by atoms with E-state index in [0.29, 0.717) is 13.0 Å². The maximum atomic E-state index is 11.8.